The van der Waals surface area contributed by atoms with Gasteiger partial charge in [0.25, 0.3) is 0 Å². The zero-order valence-electron chi connectivity index (χ0n) is 8.54. The van der Waals surface area contributed by atoms with Gasteiger partial charge in [-0.05, 0) is 31.7 Å². The number of nitrogens with one attached hydrogen (secondary N) is 1. The van der Waals surface area contributed by atoms with E-state index in [1.165, 1.54) is 12.8 Å². The third-order valence-corrected chi connectivity index (χ3v) is 4.05. The van der Waals surface area contributed by atoms with Gasteiger partial charge in [-0.15, -0.1) is 0 Å². The van der Waals surface area contributed by atoms with E-state index in [1.54, 1.807) is 0 Å². The fraction of sp³-hybridized carbons (Fsp3) is 0.909. The van der Waals surface area contributed by atoms with Crippen molar-refractivity contribution < 1.29 is 4.79 Å². The van der Waals surface area contributed by atoms with Gasteiger partial charge in [0.15, 0.2) is 0 Å². The average Bonchev–Trinajstić information content (AvgIpc) is 2.38. The molecule has 0 aromatic rings. The van der Waals surface area contributed by atoms with Crippen molar-refractivity contribution >= 4 is 5.91 Å². The van der Waals surface area contributed by atoms with E-state index < -0.39 is 0 Å². The Labute approximate surface area is 84.8 Å². The number of amides is 1. The monoisotopic (exact) mass is 194 g/mol. The van der Waals surface area contributed by atoms with Crippen LogP contribution >= 0.6 is 0 Å². The molecule has 3 rings (SSSR count). The van der Waals surface area contributed by atoms with Gasteiger partial charge in [0, 0.05) is 25.0 Å². The normalized spacial score (nSPS) is 37.0. The van der Waals surface area contributed by atoms with E-state index >= 15 is 0 Å². The van der Waals surface area contributed by atoms with E-state index in [2.05, 4.69) is 10.2 Å². The van der Waals surface area contributed by atoms with Gasteiger partial charge in [0.1, 0.15) is 0 Å². The fourth-order valence-electron chi connectivity index (χ4n) is 2.97. The second-order valence-corrected chi connectivity index (χ2v) is 5.03. The summed E-state index contributed by atoms with van der Waals surface area (Å²) in [5, 5.41) is 3.41. The van der Waals surface area contributed by atoms with Crippen LogP contribution < -0.4 is 5.32 Å². The van der Waals surface area contributed by atoms with Crippen LogP contribution in [0.15, 0.2) is 0 Å². The zero-order chi connectivity index (χ0) is 9.54. The average molecular weight is 194 g/mol. The molecule has 2 saturated heterocycles. The lowest BCUT2D eigenvalue weighted by atomic mass is 9.84. The summed E-state index contributed by atoms with van der Waals surface area (Å²) in [6, 6.07) is 0.516. The van der Waals surface area contributed by atoms with Crippen LogP contribution in [0, 0.1) is 11.8 Å². The van der Waals surface area contributed by atoms with Crippen molar-refractivity contribution in [3.8, 4) is 0 Å². The Kier molecular flexibility index (Phi) is 2.01. The Bertz CT molecular complexity index is 250. The number of hydrogen-bond donors (Lipinski definition) is 1. The quantitative estimate of drug-likeness (QED) is 0.663. The van der Waals surface area contributed by atoms with Gasteiger partial charge in [-0.1, -0.05) is 6.42 Å². The molecule has 1 saturated carbocycles. The molecular formula is C11H18N2O. The molecule has 2 aliphatic heterocycles. The fourth-order valence-corrected chi connectivity index (χ4v) is 2.97. The number of carbonyl (C=O) groups is 1. The lowest BCUT2D eigenvalue weighted by molar-refractivity contribution is -0.138. The Morgan fingerprint density at radius 3 is 2.79 bits per heavy atom. The lowest BCUT2D eigenvalue weighted by Gasteiger charge is -2.32. The molecule has 0 spiro atoms. The van der Waals surface area contributed by atoms with Gasteiger partial charge in [-0.25, -0.2) is 0 Å². The summed E-state index contributed by atoms with van der Waals surface area (Å²) in [6.45, 7) is 3.16. The third-order valence-electron chi connectivity index (χ3n) is 4.05. The van der Waals surface area contributed by atoms with Crippen molar-refractivity contribution in [2.45, 2.75) is 31.7 Å². The van der Waals surface area contributed by atoms with Crippen LogP contribution in [0.25, 0.3) is 0 Å². The Hall–Kier alpha value is -0.570. The molecule has 78 valence electrons. The highest BCUT2D eigenvalue weighted by molar-refractivity contribution is 5.80. The molecule has 1 aliphatic carbocycles. The van der Waals surface area contributed by atoms with Gasteiger partial charge in [-0.2, -0.15) is 0 Å². The highest BCUT2D eigenvalue weighted by atomic mass is 16.2. The number of rotatable bonds is 1. The Morgan fingerprint density at radius 1 is 1.29 bits per heavy atom. The first-order chi connectivity index (χ1) is 6.84. The summed E-state index contributed by atoms with van der Waals surface area (Å²) in [5.41, 5.74) is 0. The van der Waals surface area contributed by atoms with E-state index in [1.807, 2.05) is 0 Å². The maximum Gasteiger partial charge on any atom is 0.225 e. The Morgan fingerprint density at radius 2 is 2.14 bits per heavy atom. The summed E-state index contributed by atoms with van der Waals surface area (Å²) >= 11 is 0. The van der Waals surface area contributed by atoms with E-state index in [9.17, 15) is 4.79 Å². The highest BCUT2D eigenvalue weighted by Crippen LogP contribution is 2.33. The molecule has 3 aliphatic rings. The van der Waals surface area contributed by atoms with Crippen molar-refractivity contribution in [3.05, 3.63) is 0 Å². The van der Waals surface area contributed by atoms with Crippen molar-refractivity contribution in [1.82, 2.24) is 10.2 Å². The molecule has 2 heterocycles. The first-order valence-corrected chi connectivity index (χ1v) is 5.86. The van der Waals surface area contributed by atoms with Gasteiger partial charge in [-0.3, -0.25) is 4.79 Å². The molecule has 1 amide bonds. The Balaban J connectivity index is 1.69. The summed E-state index contributed by atoms with van der Waals surface area (Å²) in [6.07, 6.45) is 4.78. The standard InChI is InChI=1S/C11H18N2O/c14-11(9-2-1-3-9)13-7-8-4-10(13)6-12-5-8/h8-10,12H,1-7H2/t8-,10+/m0/s1. The van der Waals surface area contributed by atoms with Crippen molar-refractivity contribution in [3.63, 3.8) is 0 Å². The van der Waals surface area contributed by atoms with Gasteiger partial charge in [0.05, 0.1) is 0 Å². The van der Waals surface area contributed by atoms with Crippen LogP contribution in [-0.2, 0) is 4.79 Å². The molecular weight excluding hydrogens is 176 g/mol. The number of piperidine rings is 1. The second-order valence-electron chi connectivity index (χ2n) is 5.03. The molecule has 0 unspecified atom stereocenters. The SMILES string of the molecule is O=C(C1CCC1)N1C[C@@H]2CNC[C@H]1C2. The molecule has 2 bridgehead atoms. The summed E-state index contributed by atoms with van der Waals surface area (Å²) in [7, 11) is 0. The van der Waals surface area contributed by atoms with Crippen LogP contribution in [-0.4, -0.2) is 36.5 Å². The molecule has 0 aromatic heterocycles. The molecule has 1 N–H and O–H groups in total. The smallest absolute Gasteiger partial charge is 0.225 e. The van der Waals surface area contributed by atoms with E-state index in [0.717, 1.165) is 38.4 Å². The molecule has 3 nitrogen and oxygen atoms in total. The van der Waals surface area contributed by atoms with Crippen LogP contribution in [0.1, 0.15) is 25.7 Å². The first-order valence-electron chi connectivity index (χ1n) is 5.86. The van der Waals surface area contributed by atoms with Gasteiger partial charge >= 0.3 is 0 Å². The largest absolute Gasteiger partial charge is 0.338 e. The third kappa shape index (κ3) is 1.26. The topological polar surface area (TPSA) is 32.3 Å². The van der Waals surface area contributed by atoms with Crippen molar-refractivity contribution in [2.75, 3.05) is 19.6 Å². The minimum Gasteiger partial charge on any atom is -0.338 e. The summed E-state index contributed by atoms with van der Waals surface area (Å²) in [4.78, 5) is 14.2. The first kappa shape index (κ1) is 8.72. The van der Waals surface area contributed by atoms with Crippen LogP contribution in [0.5, 0.6) is 0 Å². The number of carbonyl (C=O) groups excluding carboxylic acids is 1. The van der Waals surface area contributed by atoms with Gasteiger partial charge in [0.2, 0.25) is 5.91 Å². The molecule has 0 radical (unpaired) electrons. The van der Waals surface area contributed by atoms with Crippen LogP contribution in [0.2, 0.25) is 0 Å². The van der Waals surface area contributed by atoms with E-state index in [0.29, 0.717) is 17.9 Å². The van der Waals surface area contributed by atoms with E-state index in [-0.39, 0.29) is 0 Å². The minimum atomic E-state index is 0.384. The zero-order valence-corrected chi connectivity index (χ0v) is 8.54. The van der Waals surface area contributed by atoms with Crippen molar-refractivity contribution in [1.29, 1.82) is 0 Å². The molecule has 2 atom stereocenters. The van der Waals surface area contributed by atoms with E-state index in [4.69, 9.17) is 0 Å². The molecule has 0 aromatic carbocycles. The molecule has 3 heteroatoms. The molecule has 14 heavy (non-hydrogen) atoms. The molecule has 3 fully saturated rings. The summed E-state index contributed by atoms with van der Waals surface area (Å²) < 4.78 is 0. The lowest BCUT2D eigenvalue weighted by Crippen LogP contribution is -2.45. The predicted octanol–water partition coefficient (Wildman–Crippen LogP) is 0.607. The van der Waals surface area contributed by atoms with Gasteiger partial charge < -0.3 is 10.2 Å². The van der Waals surface area contributed by atoms with Crippen LogP contribution in [0.3, 0.4) is 0 Å². The number of fused-ring (bicyclic) bond motifs is 2. The predicted molar refractivity (Wildman–Crippen MR) is 53.8 cm³/mol. The minimum absolute atomic E-state index is 0.384. The van der Waals surface area contributed by atoms with Crippen molar-refractivity contribution in [2.24, 2.45) is 11.8 Å². The number of nitrogens with zero attached hydrogens (tertiary/aromatic N) is 1. The maximum absolute atomic E-state index is 12.1. The number of hydrogen-bond acceptors (Lipinski definition) is 2. The highest BCUT2D eigenvalue weighted by Gasteiger charge is 2.40. The summed E-state index contributed by atoms with van der Waals surface area (Å²) in [5.74, 6) is 1.57. The maximum atomic E-state index is 12.1. The van der Waals surface area contributed by atoms with Crippen LogP contribution in [0.4, 0.5) is 0 Å². The second kappa shape index (κ2) is 3.23. The number of likely N-dealkylation sites (tertiary alicyclic amines) is 1.